The molecule has 1 aliphatic rings. The van der Waals surface area contributed by atoms with E-state index in [1.165, 1.54) is 0 Å². The van der Waals surface area contributed by atoms with Crippen LogP contribution in [0.3, 0.4) is 0 Å². The fourth-order valence-corrected chi connectivity index (χ4v) is 2.32. The summed E-state index contributed by atoms with van der Waals surface area (Å²) in [5, 5.41) is 2.86. The number of hydrogen-bond donors (Lipinski definition) is 1. The number of amides is 1. The molecular formula is C17H26N2O4. The third kappa shape index (κ3) is 5.80. The molecule has 1 N–H and O–H groups in total. The van der Waals surface area contributed by atoms with Crippen LogP contribution in [0.5, 0.6) is 5.88 Å². The second-order valence-corrected chi connectivity index (χ2v) is 5.96. The molecule has 6 nitrogen and oxygen atoms in total. The Labute approximate surface area is 137 Å². The van der Waals surface area contributed by atoms with Crippen molar-refractivity contribution in [2.45, 2.75) is 58.5 Å². The lowest BCUT2D eigenvalue weighted by Gasteiger charge is -2.17. The summed E-state index contributed by atoms with van der Waals surface area (Å²) >= 11 is 0. The van der Waals surface area contributed by atoms with Crippen molar-refractivity contribution in [2.24, 2.45) is 0 Å². The second kappa shape index (κ2) is 8.84. The number of nitrogens with zero attached hydrogens (tertiary/aromatic N) is 1. The van der Waals surface area contributed by atoms with E-state index >= 15 is 0 Å². The predicted octanol–water partition coefficient (Wildman–Crippen LogP) is 2.07. The van der Waals surface area contributed by atoms with Crippen LogP contribution in [0.15, 0.2) is 18.3 Å². The summed E-state index contributed by atoms with van der Waals surface area (Å²) < 4.78 is 16.7. The largest absolute Gasteiger partial charge is 0.475 e. The topological polar surface area (TPSA) is 69.7 Å². The first kappa shape index (κ1) is 17.7. The summed E-state index contributed by atoms with van der Waals surface area (Å²) in [6, 6.07) is 3.72. The highest BCUT2D eigenvalue weighted by molar-refractivity contribution is 5.80. The van der Waals surface area contributed by atoms with Gasteiger partial charge in [0.1, 0.15) is 6.10 Å². The van der Waals surface area contributed by atoms with Crippen molar-refractivity contribution in [3.63, 3.8) is 0 Å². The van der Waals surface area contributed by atoms with Crippen molar-refractivity contribution in [2.75, 3.05) is 13.2 Å². The molecule has 2 atom stereocenters. The number of rotatable bonds is 8. The minimum atomic E-state index is -0.509. The highest BCUT2D eigenvalue weighted by Gasteiger charge is 2.20. The van der Waals surface area contributed by atoms with Crippen LogP contribution in [-0.2, 0) is 20.8 Å². The Bertz CT molecular complexity index is 501. The summed E-state index contributed by atoms with van der Waals surface area (Å²) in [4.78, 5) is 16.3. The molecule has 1 amide bonds. The number of nitrogens with one attached hydrogen (secondary N) is 1. The van der Waals surface area contributed by atoms with Crippen molar-refractivity contribution in [1.82, 2.24) is 10.3 Å². The lowest BCUT2D eigenvalue weighted by molar-refractivity contribution is -0.133. The van der Waals surface area contributed by atoms with Gasteiger partial charge in [0.25, 0.3) is 0 Å². The Kier molecular flexibility index (Phi) is 6.80. The predicted molar refractivity (Wildman–Crippen MR) is 86.2 cm³/mol. The van der Waals surface area contributed by atoms with Gasteiger partial charge in [0.15, 0.2) is 0 Å². The Morgan fingerprint density at radius 3 is 3.00 bits per heavy atom. The maximum absolute atomic E-state index is 12.1. The molecule has 0 radical (unpaired) electrons. The van der Waals surface area contributed by atoms with E-state index < -0.39 is 6.10 Å². The molecule has 23 heavy (non-hydrogen) atoms. The number of aromatic nitrogens is 1. The number of carbonyl (C=O) groups excluding carboxylic acids is 1. The maximum Gasteiger partial charge on any atom is 0.249 e. The van der Waals surface area contributed by atoms with Crippen LogP contribution in [0.1, 0.15) is 39.2 Å². The van der Waals surface area contributed by atoms with Crippen molar-refractivity contribution >= 4 is 5.91 Å². The molecule has 1 aromatic rings. The van der Waals surface area contributed by atoms with Crippen LogP contribution < -0.4 is 10.1 Å². The van der Waals surface area contributed by atoms with Crippen LogP contribution in [0, 0.1) is 0 Å². The highest BCUT2D eigenvalue weighted by atomic mass is 16.5. The molecule has 0 spiro atoms. The molecule has 0 unspecified atom stereocenters. The smallest absolute Gasteiger partial charge is 0.249 e. The third-order valence-corrected chi connectivity index (χ3v) is 3.58. The Morgan fingerprint density at radius 2 is 2.30 bits per heavy atom. The van der Waals surface area contributed by atoms with E-state index in [2.05, 4.69) is 10.3 Å². The zero-order valence-corrected chi connectivity index (χ0v) is 14.1. The summed E-state index contributed by atoms with van der Waals surface area (Å²) in [6.45, 7) is 7.24. The molecule has 128 valence electrons. The van der Waals surface area contributed by atoms with Gasteiger partial charge in [-0.2, -0.15) is 0 Å². The molecule has 1 saturated heterocycles. The number of pyridine rings is 1. The maximum atomic E-state index is 12.1. The van der Waals surface area contributed by atoms with Gasteiger partial charge in [-0.25, -0.2) is 4.98 Å². The van der Waals surface area contributed by atoms with E-state index in [1.807, 2.05) is 26.0 Å². The van der Waals surface area contributed by atoms with Gasteiger partial charge >= 0.3 is 0 Å². The molecule has 1 aliphatic heterocycles. The second-order valence-electron chi connectivity index (χ2n) is 5.96. The van der Waals surface area contributed by atoms with E-state index in [1.54, 1.807) is 13.1 Å². The lowest BCUT2D eigenvalue weighted by Crippen LogP contribution is -2.35. The van der Waals surface area contributed by atoms with Crippen LogP contribution in [-0.4, -0.2) is 42.4 Å². The molecule has 0 aliphatic carbocycles. The number of carbonyl (C=O) groups is 1. The SMILES string of the molecule is CC(C)Oc1ncccc1CNC(=O)[C@H](C)OC[C@H]1CCCO1. The zero-order valence-electron chi connectivity index (χ0n) is 14.1. The van der Waals surface area contributed by atoms with Crippen molar-refractivity contribution < 1.29 is 19.0 Å². The zero-order chi connectivity index (χ0) is 16.7. The van der Waals surface area contributed by atoms with E-state index in [4.69, 9.17) is 14.2 Å². The Hall–Kier alpha value is -1.66. The average molecular weight is 322 g/mol. The van der Waals surface area contributed by atoms with Gasteiger partial charge in [-0.15, -0.1) is 0 Å². The fourth-order valence-electron chi connectivity index (χ4n) is 2.32. The molecule has 1 fully saturated rings. The van der Waals surface area contributed by atoms with Crippen LogP contribution in [0.2, 0.25) is 0 Å². The third-order valence-electron chi connectivity index (χ3n) is 3.58. The summed E-state index contributed by atoms with van der Waals surface area (Å²) in [7, 11) is 0. The Balaban J connectivity index is 1.79. The first-order valence-corrected chi connectivity index (χ1v) is 8.17. The molecule has 2 heterocycles. The number of hydrogen-bond acceptors (Lipinski definition) is 5. The first-order chi connectivity index (χ1) is 11.1. The normalized spacial score (nSPS) is 18.9. The van der Waals surface area contributed by atoms with Gasteiger partial charge in [0.05, 0.1) is 18.8 Å². The molecule has 0 aromatic carbocycles. The van der Waals surface area contributed by atoms with Gasteiger partial charge in [-0.3, -0.25) is 4.79 Å². The van der Waals surface area contributed by atoms with Crippen molar-refractivity contribution in [3.05, 3.63) is 23.9 Å². The van der Waals surface area contributed by atoms with Crippen LogP contribution in [0.25, 0.3) is 0 Å². The van der Waals surface area contributed by atoms with Crippen LogP contribution in [0.4, 0.5) is 0 Å². The lowest BCUT2D eigenvalue weighted by atomic mass is 10.2. The van der Waals surface area contributed by atoms with Gasteiger partial charge in [0.2, 0.25) is 11.8 Å². The molecule has 0 saturated carbocycles. The van der Waals surface area contributed by atoms with Gasteiger partial charge in [-0.1, -0.05) is 6.07 Å². The minimum Gasteiger partial charge on any atom is -0.475 e. The summed E-state index contributed by atoms with van der Waals surface area (Å²) in [5.74, 6) is 0.401. The van der Waals surface area contributed by atoms with Crippen LogP contribution >= 0.6 is 0 Å². The molecular weight excluding hydrogens is 296 g/mol. The van der Waals surface area contributed by atoms with E-state index in [0.717, 1.165) is 25.0 Å². The molecule has 6 heteroatoms. The summed E-state index contributed by atoms with van der Waals surface area (Å²) in [6.07, 6.45) is 3.39. The average Bonchev–Trinajstić information content (AvgIpc) is 3.04. The van der Waals surface area contributed by atoms with Gasteiger partial charge in [-0.05, 0) is 39.7 Å². The molecule has 2 rings (SSSR count). The highest BCUT2D eigenvalue weighted by Crippen LogP contribution is 2.16. The first-order valence-electron chi connectivity index (χ1n) is 8.17. The fraction of sp³-hybridized carbons (Fsp3) is 0.647. The Morgan fingerprint density at radius 1 is 1.48 bits per heavy atom. The van der Waals surface area contributed by atoms with E-state index in [-0.39, 0.29) is 18.1 Å². The monoisotopic (exact) mass is 322 g/mol. The quantitative estimate of drug-likeness (QED) is 0.793. The van der Waals surface area contributed by atoms with E-state index in [9.17, 15) is 4.79 Å². The minimum absolute atomic E-state index is 0.0352. The van der Waals surface area contributed by atoms with E-state index in [0.29, 0.717) is 19.0 Å². The molecule has 1 aromatic heterocycles. The van der Waals surface area contributed by atoms with Crippen molar-refractivity contribution in [1.29, 1.82) is 0 Å². The summed E-state index contributed by atoms with van der Waals surface area (Å²) in [5.41, 5.74) is 0.848. The number of ether oxygens (including phenoxy) is 3. The van der Waals surface area contributed by atoms with Gasteiger partial charge in [0, 0.05) is 24.9 Å². The van der Waals surface area contributed by atoms with Crippen molar-refractivity contribution in [3.8, 4) is 5.88 Å². The standard InChI is InChI=1S/C17H26N2O4/c1-12(2)23-17-14(6-4-8-18-17)10-19-16(20)13(3)22-11-15-7-5-9-21-15/h4,6,8,12-13,15H,5,7,9-11H2,1-3H3,(H,19,20)/t13-,15+/m0/s1. The van der Waals surface area contributed by atoms with Gasteiger partial charge < -0.3 is 19.5 Å². The molecule has 0 bridgehead atoms.